The minimum atomic E-state index is -0.591. The van der Waals surface area contributed by atoms with Crippen molar-refractivity contribution in [2.45, 2.75) is 58.2 Å². The van der Waals surface area contributed by atoms with Crippen LogP contribution >= 0.6 is 23.2 Å². The predicted octanol–water partition coefficient (Wildman–Crippen LogP) is 4.40. The van der Waals surface area contributed by atoms with Gasteiger partial charge in [-0.2, -0.15) is 0 Å². The normalized spacial score (nSPS) is 18.0. The molecule has 0 radical (unpaired) electrons. The third kappa shape index (κ3) is 5.79. The first-order valence-corrected chi connectivity index (χ1v) is 9.14. The van der Waals surface area contributed by atoms with Crippen molar-refractivity contribution < 1.29 is 14.3 Å². The van der Waals surface area contributed by atoms with Crippen LogP contribution in [0.15, 0.2) is 18.2 Å². The second-order valence-electron chi connectivity index (χ2n) is 7.14. The number of rotatable bonds is 3. The highest BCUT2D eigenvalue weighted by Gasteiger charge is 2.34. The number of benzene rings is 1. The number of nitrogens with zero attached hydrogens (tertiary/aromatic N) is 1. The average molecular weight is 387 g/mol. The second-order valence-corrected chi connectivity index (χ2v) is 7.98. The Morgan fingerprint density at radius 2 is 2.00 bits per heavy atom. The Hall–Kier alpha value is -1.46. The van der Waals surface area contributed by atoms with E-state index in [1.807, 2.05) is 20.8 Å². The zero-order chi connectivity index (χ0) is 18.6. The molecule has 1 fully saturated rings. The first-order valence-electron chi connectivity index (χ1n) is 8.38. The van der Waals surface area contributed by atoms with Gasteiger partial charge in [0.2, 0.25) is 5.91 Å². The summed E-state index contributed by atoms with van der Waals surface area (Å²) < 4.78 is 5.42. The molecule has 1 atom stereocenters. The minimum Gasteiger partial charge on any atom is -0.444 e. The summed E-state index contributed by atoms with van der Waals surface area (Å²) in [4.78, 5) is 26.5. The number of halogens is 2. The van der Waals surface area contributed by atoms with E-state index in [1.165, 1.54) is 4.90 Å². The molecular weight excluding hydrogens is 363 g/mol. The van der Waals surface area contributed by atoms with Crippen molar-refractivity contribution in [2.24, 2.45) is 0 Å². The molecule has 0 aromatic heterocycles. The summed E-state index contributed by atoms with van der Waals surface area (Å²) in [5.74, 6) is -0.198. The first kappa shape index (κ1) is 19.9. The van der Waals surface area contributed by atoms with Crippen LogP contribution in [0.5, 0.6) is 0 Å². The Bertz CT molecular complexity index is 644. The highest BCUT2D eigenvalue weighted by molar-refractivity contribution is 6.35. The molecule has 0 saturated carbocycles. The van der Waals surface area contributed by atoms with Crippen LogP contribution in [0.3, 0.4) is 0 Å². The van der Waals surface area contributed by atoms with E-state index in [0.717, 1.165) is 18.4 Å². The fourth-order valence-electron chi connectivity index (χ4n) is 2.71. The summed E-state index contributed by atoms with van der Waals surface area (Å²) in [5, 5.41) is 3.91. The van der Waals surface area contributed by atoms with Gasteiger partial charge in [0.05, 0.1) is 0 Å². The summed E-state index contributed by atoms with van der Waals surface area (Å²) in [5.41, 5.74) is 0.186. The molecule has 138 valence electrons. The van der Waals surface area contributed by atoms with Crippen LogP contribution in [0.2, 0.25) is 10.0 Å². The van der Waals surface area contributed by atoms with E-state index in [1.54, 1.807) is 18.2 Å². The number of likely N-dealkylation sites (tertiary alicyclic amines) is 1. The number of carbonyl (C=O) groups excluding carboxylic acids is 2. The van der Waals surface area contributed by atoms with Crippen LogP contribution in [0, 0.1) is 0 Å². The quantitative estimate of drug-likeness (QED) is 0.837. The predicted molar refractivity (Wildman–Crippen MR) is 98.9 cm³/mol. The van der Waals surface area contributed by atoms with E-state index in [-0.39, 0.29) is 12.5 Å². The van der Waals surface area contributed by atoms with Gasteiger partial charge in [0.15, 0.2) is 0 Å². The van der Waals surface area contributed by atoms with Gasteiger partial charge >= 0.3 is 6.09 Å². The summed E-state index contributed by atoms with van der Waals surface area (Å²) in [6.45, 7) is 6.24. The summed E-state index contributed by atoms with van der Waals surface area (Å²) in [7, 11) is 0. The molecule has 1 aromatic rings. The van der Waals surface area contributed by atoms with Crippen LogP contribution < -0.4 is 5.32 Å². The zero-order valence-corrected chi connectivity index (χ0v) is 16.3. The first-order chi connectivity index (χ1) is 11.7. The summed E-state index contributed by atoms with van der Waals surface area (Å²) >= 11 is 12.0. The Kier molecular flexibility index (Phi) is 6.58. The lowest BCUT2D eigenvalue weighted by molar-refractivity contribution is -0.127. The van der Waals surface area contributed by atoms with Crippen molar-refractivity contribution in [3.63, 3.8) is 0 Å². The molecule has 0 spiro atoms. The molecule has 5 nitrogen and oxygen atoms in total. The number of hydrogen-bond donors (Lipinski definition) is 1. The highest BCUT2D eigenvalue weighted by atomic mass is 35.5. The Balaban J connectivity index is 2.01. The number of hydrogen-bond acceptors (Lipinski definition) is 3. The smallest absolute Gasteiger partial charge is 0.410 e. The van der Waals surface area contributed by atoms with Gasteiger partial charge in [0, 0.05) is 23.1 Å². The Labute approximate surface area is 158 Å². The molecule has 25 heavy (non-hydrogen) atoms. The van der Waals surface area contributed by atoms with Crippen molar-refractivity contribution in [1.82, 2.24) is 10.2 Å². The maximum Gasteiger partial charge on any atom is 0.410 e. The number of amides is 2. The lowest BCUT2D eigenvalue weighted by Crippen LogP contribution is -2.53. The molecule has 1 N–H and O–H groups in total. The molecule has 7 heteroatoms. The van der Waals surface area contributed by atoms with Crippen LogP contribution in [-0.4, -0.2) is 35.1 Å². The topological polar surface area (TPSA) is 58.6 Å². The van der Waals surface area contributed by atoms with Gasteiger partial charge in [-0.15, -0.1) is 0 Å². The molecular formula is C18H24Cl2N2O3. The second kappa shape index (κ2) is 8.28. The molecule has 1 aliphatic heterocycles. The van der Waals surface area contributed by atoms with Crippen molar-refractivity contribution >= 4 is 35.2 Å². The molecule has 1 heterocycles. The van der Waals surface area contributed by atoms with Crippen LogP contribution in [0.4, 0.5) is 4.79 Å². The van der Waals surface area contributed by atoms with Crippen molar-refractivity contribution in [3.8, 4) is 0 Å². The SMILES string of the molecule is CC(C)(C)OC(=O)N1CCCC[C@H]1C(=O)NCc1ccc(Cl)cc1Cl. The van der Waals surface area contributed by atoms with E-state index < -0.39 is 17.7 Å². The fraction of sp³-hybridized carbons (Fsp3) is 0.556. The molecule has 0 aliphatic carbocycles. The standard InChI is InChI=1S/C18H24Cl2N2O3/c1-18(2,3)25-17(24)22-9-5-4-6-15(22)16(23)21-11-12-7-8-13(19)10-14(12)20/h7-8,10,15H,4-6,9,11H2,1-3H3,(H,21,23)/t15-/m0/s1. The summed E-state index contributed by atoms with van der Waals surface area (Å²) in [6.07, 6.45) is 1.95. The van der Waals surface area contributed by atoms with Gasteiger partial charge in [-0.05, 0) is 57.7 Å². The Morgan fingerprint density at radius 1 is 1.28 bits per heavy atom. The summed E-state index contributed by atoms with van der Waals surface area (Å²) in [6, 6.07) is 4.62. The molecule has 0 bridgehead atoms. The van der Waals surface area contributed by atoms with Gasteiger partial charge in [-0.3, -0.25) is 9.69 Å². The van der Waals surface area contributed by atoms with Crippen molar-refractivity contribution in [3.05, 3.63) is 33.8 Å². The van der Waals surface area contributed by atoms with Crippen molar-refractivity contribution in [2.75, 3.05) is 6.54 Å². The number of carbonyl (C=O) groups is 2. The lowest BCUT2D eigenvalue weighted by atomic mass is 10.0. The molecule has 1 aliphatic rings. The van der Waals surface area contributed by atoms with E-state index in [4.69, 9.17) is 27.9 Å². The van der Waals surface area contributed by atoms with Crippen LogP contribution in [0.25, 0.3) is 0 Å². The fourth-order valence-corrected chi connectivity index (χ4v) is 3.18. The van der Waals surface area contributed by atoms with E-state index in [2.05, 4.69) is 5.32 Å². The third-order valence-electron chi connectivity index (χ3n) is 3.90. The third-order valence-corrected chi connectivity index (χ3v) is 4.49. The molecule has 2 rings (SSSR count). The monoisotopic (exact) mass is 386 g/mol. The van der Waals surface area contributed by atoms with Gasteiger partial charge < -0.3 is 10.1 Å². The minimum absolute atomic E-state index is 0.198. The Morgan fingerprint density at radius 3 is 2.64 bits per heavy atom. The molecule has 1 saturated heterocycles. The van der Waals surface area contributed by atoms with Gasteiger partial charge in [-0.1, -0.05) is 29.3 Å². The van der Waals surface area contributed by atoms with Crippen molar-refractivity contribution in [1.29, 1.82) is 0 Å². The van der Waals surface area contributed by atoms with E-state index >= 15 is 0 Å². The largest absolute Gasteiger partial charge is 0.444 e. The molecule has 0 unspecified atom stereocenters. The number of nitrogens with one attached hydrogen (secondary N) is 1. The van der Waals surface area contributed by atoms with Gasteiger partial charge in [-0.25, -0.2) is 4.79 Å². The maximum absolute atomic E-state index is 12.6. The zero-order valence-electron chi connectivity index (χ0n) is 14.8. The van der Waals surface area contributed by atoms with E-state index in [9.17, 15) is 9.59 Å². The van der Waals surface area contributed by atoms with Crippen LogP contribution in [-0.2, 0) is 16.1 Å². The van der Waals surface area contributed by atoms with Gasteiger partial charge in [0.1, 0.15) is 11.6 Å². The number of ether oxygens (including phenoxy) is 1. The molecule has 2 amide bonds. The average Bonchev–Trinajstić information content (AvgIpc) is 2.52. The van der Waals surface area contributed by atoms with Gasteiger partial charge in [0.25, 0.3) is 0 Å². The van der Waals surface area contributed by atoms with E-state index in [0.29, 0.717) is 23.0 Å². The van der Waals surface area contributed by atoms with Crippen LogP contribution in [0.1, 0.15) is 45.6 Å². The lowest BCUT2D eigenvalue weighted by Gasteiger charge is -2.35. The highest BCUT2D eigenvalue weighted by Crippen LogP contribution is 2.23. The molecule has 1 aromatic carbocycles. The number of piperidine rings is 1. The maximum atomic E-state index is 12.6.